The number of hydrogen-bond donors (Lipinski definition) is 0. The molecule has 35 heavy (non-hydrogen) atoms. The van der Waals surface area contributed by atoms with Crippen LogP contribution >= 0.6 is 0 Å². The van der Waals surface area contributed by atoms with Gasteiger partial charge in [0, 0.05) is 61.0 Å². The van der Waals surface area contributed by atoms with E-state index in [2.05, 4.69) is 11.0 Å². The number of pyridine rings is 1. The number of anilines is 1. The van der Waals surface area contributed by atoms with Crippen molar-refractivity contribution in [2.75, 3.05) is 45.3 Å². The second kappa shape index (κ2) is 9.54. The molecule has 7 heteroatoms. The lowest BCUT2D eigenvalue weighted by Crippen LogP contribution is -2.49. The molecule has 1 amide bonds. The molecule has 2 heterocycles. The first-order valence-electron chi connectivity index (χ1n) is 11.6. The third kappa shape index (κ3) is 4.33. The fourth-order valence-corrected chi connectivity index (χ4v) is 4.56. The van der Waals surface area contributed by atoms with Crippen LogP contribution in [0, 0.1) is 0 Å². The molecule has 0 radical (unpaired) electrons. The lowest BCUT2D eigenvalue weighted by atomic mass is 10.1. The van der Waals surface area contributed by atoms with Crippen LogP contribution in [0.25, 0.3) is 16.5 Å². The Morgan fingerprint density at radius 1 is 0.743 bits per heavy atom. The van der Waals surface area contributed by atoms with Crippen LogP contribution in [-0.4, -0.2) is 55.8 Å². The molecule has 3 aromatic carbocycles. The Morgan fingerprint density at radius 3 is 2.00 bits per heavy atom. The average Bonchev–Trinajstić information content (AvgIpc) is 2.93. The Labute approximate surface area is 203 Å². The summed E-state index contributed by atoms with van der Waals surface area (Å²) >= 11 is 0. The minimum Gasteiger partial charge on any atom is -0.497 e. The van der Waals surface area contributed by atoms with Gasteiger partial charge in [-0.2, -0.15) is 0 Å². The fraction of sp³-hybridized carbons (Fsp3) is 0.214. The number of carbonyl (C=O) groups excluding carboxylic acids is 1. The van der Waals surface area contributed by atoms with E-state index in [0.29, 0.717) is 54.0 Å². The van der Waals surface area contributed by atoms with E-state index < -0.39 is 0 Å². The molecule has 0 bridgehead atoms. The van der Waals surface area contributed by atoms with Crippen LogP contribution in [0.1, 0.15) is 10.4 Å². The first kappa shape index (κ1) is 22.5. The van der Waals surface area contributed by atoms with Gasteiger partial charge in [-0.25, -0.2) is 0 Å². The van der Waals surface area contributed by atoms with Gasteiger partial charge in [-0.3, -0.25) is 14.2 Å². The van der Waals surface area contributed by atoms with E-state index in [-0.39, 0.29) is 11.5 Å². The van der Waals surface area contributed by atoms with E-state index in [0.717, 1.165) is 11.4 Å². The molecule has 7 nitrogen and oxygen atoms in total. The topological polar surface area (TPSA) is 64.0 Å². The number of hydrogen-bond acceptors (Lipinski definition) is 5. The first-order chi connectivity index (χ1) is 17.1. The number of ether oxygens (including phenoxy) is 2. The Bertz CT molecular complexity index is 1440. The van der Waals surface area contributed by atoms with Crippen molar-refractivity contribution >= 4 is 22.4 Å². The highest BCUT2D eigenvalue weighted by Gasteiger charge is 2.25. The van der Waals surface area contributed by atoms with E-state index in [1.165, 1.54) is 4.57 Å². The van der Waals surface area contributed by atoms with Crippen molar-refractivity contribution in [1.82, 2.24) is 9.47 Å². The predicted molar refractivity (Wildman–Crippen MR) is 137 cm³/mol. The molecule has 1 fully saturated rings. The van der Waals surface area contributed by atoms with Gasteiger partial charge in [0.05, 0.1) is 25.5 Å². The van der Waals surface area contributed by atoms with Gasteiger partial charge in [0.1, 0.15) is 11.5 Å². The van der Waals surface area contributed by atoms with Gasteiger partial charge in [0.2, 0.25) is 0 Å². The quantitative estimate of drug-likeness (QED) is 0.443. The second-order valence-corrected chi connectivity index (χ2v) is 8.45. The maximum absolute atomic E-state index is 13.7. The summed E-state index contributed by atoms with van der Waals surface area (Å²) in [6, 6.07) is 22.5. The van der Waals surface area contributed by atoms with E-state index in [4.69, 9.17) is 9.47 Å². The van der Waals surface area contributed by atoms with Crippen molar-refractivity contribution in [3.8, 4) is 17.2 Å². The van der Waals surface area contributed by atoms with Gasteiger partial charge < -0.3 is 19.3 Å². The molecule has 0 N–H and O–H groups in total. The highest BCUT2D eigenvalue weighted by Crippen LogP contribution is 2.24. The van der Waals surface area contributed by atoms with E-state index >= 15 is 0 Å². The van der Waals surface area contributed by atoms with Gasteiger partial charge >= 0.3 is 0 Å². The Balaban J connectivity index is 1.47. The molecule has 1 saturated heterocycles. The fourth-order valence-electron chi connectivity index (χ4n) is 4.56. The summed E-state index contributed by atoms with van der Waals surface area (Å²) in [5.74, 6) is 1.37. The van der Waals surface area contributed by atoms with Gasteiger partial charge in [0.15, 0.2) is 0 Å². The van der Waals surface area contributed by atoms with Crippen LogP contribution < -0.4 is 19.9 Å². The van der Waals surface area contributed by atoms with E-state index in [9.17, 15) is 9.59 Å². The monoisotopic (exact) mass is 469 g/mol. The van der Waals surface area contributed by atoms with Crippen molar-refractivity contribution in [2.45, 2.75) is 0 Å². The molecule has 5 rings (SSSR count). The molecule has 4 aromatic rings. The maximum atomic E-state index is 13.7. The standard InChI is InChI=1S/C28H27N3O4/c1-34-22-9-5-7-20(17-22)29-13-15-30(16-14-29)27(32)26-19-31(21-8-6-10-23(18-21)35-2)28(33)25-12-4-3-11-24(25)26/h3-12,17-19H,13-16H2,1-2H3. The van der Waals surface area contributed by atoms with Crippen LogP contribution in [0.4, 0.5) is 5.69 Å². The van der Waals surface area contributed by atoms with Crippen LogP contribution in [0.3, 0.4) is 0 Å². The number of carbonyl (C=O) groups is 1. The van der Waals surface area contributed by atoms with Gasteiger partial charge in [0.25, 0.3) is 11.5 Å². The minimum atomic E-state index is -0.173. The number of amides is 1. The van der Waals surface area contributed by atoms with E-state index in [1.807, 2.05) is 59.5 Å². The zero-order valence-electron chi connectivity index (χ0n) is 19.8. The highest BCUT2D eigenvalue weighted by atomic mass is 16.5. The van der Waals surface area contributed by atoms with Crippen LogP contribution in [0.5, 0.6) is 11.5 Å². The summed E-state index contributed by atoms with van der Waals surface area (Å²) in [7, 11) is 3.24. The molecule has 178 valence electrons. The van der Waals surface area contributed by atoms with Crippen molar-refractivity contribution in [2.24, 2.45) is 0 Å². The van der Waals surface area contributed by atoms with E-state index in [1.54, 1.807) is 32.5 Å². The third-order valence-corrected chi connectivity index (χ3v) is 6.47. The molecule has 0 unspecified atom stereocenters. The predicted octanol–water partition coefficient (Wildman–Crippen LogP) is 3.97. The largest absolute Gasteiger partial charge is 0.497 e. The number of piperazine rings is 1. The minimum absolute atomic E-state index is 0.0804. The van der Waals surface area contributed by atoms with Crippen molar-refractivity contribution in [1.29, 1.82) is 0 Å². The summed E-state index contributed by atoms with van der Waals surface area (Å²) in [4.78, 5) is 31.1. The number of rotatable bonds is 5. The molecule has 1 aliphatic heterocycles. The SMILES string of the molecule is COc1cccc(N2CCN(C(=O)c3cn(-c4cccc(OC)c4)c(=O)c4ccccc34)CC2)c1. The second-order valence-electron chi connectivity index (χ2n) is 8.45. The number of benzene rings is 3. The first-order valence-corrected chi connectivity index (χ1v) is 11.6. The van der Waals surface area contributed by atoms with Gasteiger partial charge in [-0.15, -0.1) is 0 Å². The van der Waals surface area contributed by atoms with Crippen molar-refractivity contribution in [3.63, 3.8) is 0 Å². The number of methoxy groups -OCH3 is 2. The van der Waals surface area contributed by atoms with Crippen molar-refractivity contribution in [3.05, 3.63) is 94.9 Å². The number of nitrogens with zero attached hydrogens (tertiary/aromatic N) is 3. The average molecular weight is 470 g/mol. The van der Waals surface area contributed by atoms with Crippen LogP contribution in [0.2, 0.25) is 0 Å². The summed E-state index contributed by atoms with van der Waals surface area (Å²) in [6.07, 6.45) is 1.66. The smallest absolute Gasteiger partial charge is 0.262 e. The summed E-state index contributed by atoms with van der Waals surface area (Å²) in [6.45, 7) is 2.60. The number of fused-ring (bicyclic) bond motifs is 1. The third-order valence-electron chi connectivity index (χ3n) is 6.47. The van der Waals surface area contributed by atoms with Crippen LogP contribution in [-0.2, 0) is 0 Å². The maximum Gasteiger partial charge on any atom is 0.262 e. The lowest BCUT2D eigenvalue weighted by molar-refractivity contribution is 0.0748. The molecule has 1 aromatic heterocycles. The molecular formula is C28H27N3O4. The summed E-state index contributed by atoms with van der Waals surface area (Å²) in [5.41, 5.74) is 2.07. The van der Waals surface area contributed by atoms with Gasteiger partial charge in [-0.05, 0) is 30.3 Å². The molecule has 0 atom stereocenters. The Kier molecular flexibility index (Phi) is 6.14. The molecule has 1 aliphatic rings. The lowest BCUT2D eigenvalue weighted by Gasteiger charge is -2.36. The summed E-state index contributed by atoms with van der Waals surface area (Å²) in [5, 5.41) is 1.17. The zero-order chi connectivity index (χ0) is 24.4. The summed E-state index contributed by atoms with van der Waals surface area (Å²) < 4.78 is 12.2. The molecular weight excluding hydrogens is 442 g/mol. The Morgan fingerprint density at radius 2 is 1.34 bits per heavy atom. The molecule has 0 spiro atoms. The molecule has 0 saturated carbocycles. The Hall–Kier alpha value is -4.26. The molecule has 0 aliphatic carbocycles. The zero-order valence-corrected chi connectivity index (χ0v) is 19.8. The van der Waals surface area contributed by atoms with Crippen LogP contribution in [0.15, 0.2) is 83.8 Å². The number of aromatic nitrogens is 1. The normalized spacial score (nSPS) is 13.7. The highest BCUT2D eigenvalue weighted by molar-refractivity contribution is 6.06. The van der Waals surface area contributed by atoms with Gasteiger partial charge in [-0.1, -0.05) is 30.3 Å². The van der Waals surface area contributed by atoms with Crippen molar-refractivity contribution < 1.29 is 14.3 Å².